The van der Waals surface area contributed by atoms with Crippen molar-refractivity contribution in [1.82, 2.24) is 0 Å². The first-order chi connectivity index (χ1) is 8.47. The summed E-state index contributed by atoms with van der Waals surface area (Å²) in [6, 6.07) is 13.3. The zero-order chi connectivity index (χ0) is 13.3. The summed E-state index contributed by atoms with van der Waals surface area (Å²) in [5.74, 6) is 0. The predicted octanol–water partition coefficient (Wildman–Crippen LogP) is 4.64. The third-order valence-corrected chi connectivity index (χ3v) is 3.76. The average Bonchev–Trinajstić information content (AvgIpc) is 2.31. The van der Waals surface area contributed by atoms with E-state index in [1.165, 1.54) is 31.5 Å². The number of hydrogen-bond donors (Lipinski definition) is 0. The van der Waals surface area contributed by atoms with Gasteiger partial charge in [-0.2, -0.15) is 0 Å². The van der Waals surface area contributed by atoms with Gasteiger partial charge in [0.05, 0.1) is 0 Å². The van der Waals surface area contributed by atoms with Crippen LogP contribution in [0.2, 0.25) is 0 Å². The summed E-state index contributed by atoms with van der Waals surface area (Å²) < 4.78 is 1.28. The molecule has 0 aliphatic rings. The van der Waals surface area contributed by atoms with E-state index in [0.29, 0.717) is 0 Å². The molecule has 0 radical (unpaired) electrons. The maximum absolute atomic E-state index is 2.37. The van der Waals surface area contributed by atoms with Crippen LogP contribution < -0.4 is 4.90 Å². The molecule has 2 aromatic carbocycles. The molecule has 0 aliphatic heterocycles. The van der Waals surface area contributed by atoms with Gasteiger partial charge in [-0.25, -0.2) is 0 Å². The van der Waals surface area contributed by atoms with Gasteiger partial charge in [-0.05, 0) is 83.0 Å². The van der Waals surface area contributed by atoms with Gasteiger partial charge in [0.25, 0.3) is 0 Å². The number of nitrogens with zero attached hydrogens (tertiary/aromatic N) is 1. The molecule has 0 N–H and O–H groups in total. The molecule has 2 heteroatoms. The molecule has 0 bridgehead atoms. The highest BCUT2D eigenvalue weighted by Crippen LogP contribution is 2.29. The van der Waals surface area contributed by atoms with E-state index in [2.05, 4.69) is 91.8 Å². The quantitative estimate of drug-likeness (QED) is 0.713. The summed E-state index contributed by atoms with van der Waals surface area (Å²) in [6.45, 7) is 4.32. The van der Waals surface area contributed by atoms with Crippen LogP contribution in [0.1, 0.15) is 11.1 Å². The van der Waals surface area contributed by atoms with E-state index >= 15 is 0 Å². The lowest BCUT2D eigenvalue weighted by molar-refractivity contribution is 1.13. The molecule has 0 amide bonds. The summed E-state index contributed by atoms with van der Waals surface area (Å²) in [5, 5.41) is 0. The van der Waals surface area contributed by atoms with Gasteiger partial charge >= 0.3 is 0 Å². The fraction of sp³-hybridized carbons (Fsp3) is 0.250. The molecule has 0 aliphatic carbocycles. The fourth-order valence-corrected chi connectivity index (χ4v) is 2.57. The van der Waals surface area contributed by atoms with Crippen LogP contribution in [0.3, 0.4) is 0 Å². The average molecular weight is 351 g/mol. The number of halogens is 1. The lowest BCUT2D eigenvalue weighted by atomic mass is 9.98. The highest BCUT2D eigenvalue weighted by Gasteiger charge is 2.06. The van der Waals surface area contributed by atoms with Gasteiger partial charge < -0.3 is 4.90 Å². The van der Waals surface area contributed by atoms with Crippen LogP contribution in [0, 0.1) is 17.4 Å². The zero-order valence-electron chi connectivity index (χ0n) is 11.3. The zero-order valence-corrected chi connectivity index (χ0v) is 13.4. The van der Waals surface area contributed by atoms with Gasteiger partial charge in [-0.1, -0.05) is 12.1 Å². The molecule has 2 aromatic rings. The molecule has 2 rings (SSSR count). The second-order valence-electron chi connectivity index (χ2n) is 4.91. The summed E-state index contributed by atoms with van der Waals surface area (Å²) in [7, 11) is 4.17. The molecule has 0 saturated carbocycles. The Labute approximate surface area is 123 Å². The van der Waals surface area contributed by atoms with E-state index in [4.69, 9.17) is 0 Å². The van der Waals surface area contributed by atoms with Crippen molar-refractivity contribution in [2.45, 2.75) is 13.8 Å². The van der Waals surface area contributed by atoms with Crippen LogP contribution in [-0.4, -0.2) is 14.1 Å². The maximum Gasteiger partial charge on any atom is 0.0369 e. The minimum absolute atomic E-state index is 1.25. The number of aryl methyl sites for hydroxylation is 2. The molecule has 0 spiro atoms. The largest absolute Gasteiger partial charge is 0.378 e. The van der Waals surface area contributed by atoms with E-state index in [9.17, 15) is 0 Å². The SMILES string of the molecule is Cc1cc(-c2cc(I)ccc2C)cc(N(C)C)c1. The third kappa shape index (κ3) is 2.86. The highest BCUT2D eigenvalue weighted by atomic mass is 127. The summed E-state index contributed by atoms with van der Waals surface area (Å²) in [5.41, 5.74) is 6.51. The number of rotatable bonds is 2. The molecule has 18 heavy (non-hydrogen) atoms. The molecule has 0 fully saturated rings. The Morgan fingerprint density at radius 1 is 0.944 bits per heavy atom. The smallest absolute Gasteiger partial charge is 0.0369 e. The number of benzene rings is 2. The van der Waals surface area contributed by atoms with Crippen LogP contribution in [0.4, 0.5) is 5.69 Å². The Balaban J connectivity index is 2.60. The Morgan fingerprint density at radius 2 is 1.67 bits per heavy atom. The fourth-order valence-electron chi connectivity index (χ4n) is 2.08. The Bertz CT molecular complexity index is 573. The standard InChI is InChI=1S/C16H18IN/c1-11-7-13(9-15(8-11)18(3)4)16-10-14(17)6-5-12(16)2/h5-10H,1-4H3. The van der Waals surface area contributed by atoms with Gasteiger partial charge in [0.15, 0.2) is 0 Å². The first-order valence-corrected chi connectivity index (χ1v) is 7.11. The van der Waals surface area contributed by atoms with E-state index in [-0.39, 0.29) is 0 Å². The van der Waals surface area contributed by atoms with E-state index in [1.807, 2.05) is 0 Å². The number of anilines is 1. The molecule has 0 saturated heterocycles. The summed E-state index contributed by atoms with van der Waals surface area (Å²) in [6.07, 6.45) is 0. The van der Waals surface area contributed by atoms with Crippen LogP contribution in [0.5, 0.6) is 0 Å². The molecule has 0 heterocycles. The van der Waals surface area contributed by atoms with Crippen molar-refractivity contribution >= 4 is 28.3 Å². The van der Waals surface area contributed by atoms with Gasteiger partial charge in [0.2, 0.25) is 0 Å². The Morgan fingerprint density at radius 3 is 2.33 bits per heavy atom. The summed E-state index contributed by atoms with van der Waals surface area (Å²) in [4.78, 5) is 2.15. The molecule has 1 nitrogen and oxygen atoms in total. The minimum atomic E-state index is 1.25. The first kappa shape index (κ1) is 13.4. The van der Waals surface area contributed by atoms with Crippen molar-refractivity contribution < 1.29 is 0 Å². The topological polar surface area (TPSA) is 3.24 Å². The predicted molar refractivity (Wildman–Crippen MR) is 88.4 cm³/mol. The van der Waals surface area contributed by atoms with Crippen molar-refractivity contribution in [3.05, 3.63) is 51.1 Å². The van der Waals surface area contributed by atoms with Crippen LogP contribution in [-0.2, 0) is 0 Å². The lowest BCUT2D eigenvalue weighted by Gasteiger charge is -2.16. The third-order valence-electron chi connectivity index (χ3n) is 3.09. The van der Waals surface area contributed by atoms with Gasteiger partial charge in [-0.3, -0.25) is 0 Å². The van der Waals surface area contributed by atoms with E-state index < -0.39 is 0 Å². The minimum Gasteiger partial charge on any atom is -0.378 e. The number of hydrogen-bond acceptors (Lipinski definition) is 1. The Kier molecular flexibility index (Phi) is 3.95. The molecule has 0 aromatic heterocycles. The van der Waals surface area contributed by atoms with Crippen molar-refractivity contribution in [3.8, 4) is 11.1 Å². The van der Waals surface area contributed by atoms with Crippen molar-refractivity contribution in [2.75, 3.05) is 19.0 Å². The molecule has 0 unspecified atom stereocenters. The monoisotopic (exact) mass is 351 g/mol. The second-order valence-corrected chi connectivity index (χ2v) is 6.16. The van der Waals surface area contributed by atoms with Crippen molar-refractivity contribution in [1.29, 1.82) is 0 Å². The van der Waals surface area contributed by atoms with E-state index in [0.717, 1.165) is 0 Å². The summed E-state index contributed by atoms with van der Waals surface area (Å²) >= 11 is 2.37. The van der Waals surface area contributed by atoms with E-state index in [1.54, 1.807) is 0 Å². The lowest BCUT2D eigenvalue weighted by Crippen LogP contribution is -2.08. The van der Waals surface area contributed by atoms with Crippen LogP contribution >= 0.6 is 22.6 Å². The van der Waals surface area contributed by atoms with Crippen LogP contribution in [0.25, 0.3) is 11.1 Å². The highest BCUT2D eigenvalue weighted by molar-refractivity contribution is 14.1. The molecular formula is C16H18IN. The second kappa shape index (κ2) is 5.31. The first-order valence-electron chi connectivity index (χ1n) is 6.03. The van der Waals surface area contributed by atoms with Crippen LogP contribution in [0.15, 0.2) is 36.4 Å². The van der Waals surface area contributed by atoms with Gasteiger partial charge in [0, 0.05) is 23.4 Å². The normalized spacial score (nSPS) is 10.5. The van der Waals surface area contributed by atoms with Crippen molar-refractivity contribution in [3.63, 3.8) is 0 Å². The molecule has 94 valence electrons. The van der Waals surface area contributed by atoms with Crippen molar-refractivity contribution in [2.24, 2.45) is 0 Å². The van der Waals surface area contributed by atoms with Gasteiger partial charge in [-0.15, -0.1) is 0 Å². The van der Waals surface area contributed by atoms with Gasteiger partial charge in [0.1, 0.15) is 0 Å². The maximum atomic E-state index is 2.37. The Hall–Kier alpha value is -1.03. The molecule has 0 atom stereocenters. The molecular weight excluding hydrogens is 333 g/mol.